The van der Waals surface area contributed by atoms with Gasteiger partial charge in [-0.1, -0.05) is 35.9 Å². The molecule has 0 saturated heterocycles. The Balaban J connectivity index is 1.84. The van der Waals surface area contributed by atoms with Crippen molar-refractivity contribution in [3.05, 3.63) is 76.9 Å². The van der Waals surface area contributed by atoms with Gasteiger partial charge in [0.15, 0.2) is 5.65 Å². The van der Waals surface area contributed by atoms with E-state index in [1.165, 1.54) is 5.56 Å². The van der Waals surface area contributed by atoms with E-state index in [2.05, 4.69) is 46.3 Å². The molecular formula is C20H16N4O2. The molecule has 1 aliphatic heterocycles. The van der Waals surface area contributed by atoms with Crippen LogP contribution < -0.4 is 4.74 Å². The van der Waals surface area contributed by atoms with Crippen molar-refractivity contribution in [1.29, 1.82) is 0 Å². The standard InChI is InChI=1S/C20H16N4O2/c1-11-3-5-13(6-4-11)17-15-8-7-14(25)9-16(15)26-20-18(17)19-22-12(2)23-24(19)10-21-20/h3-10,17,25H,1-2H3. The number of aromatic hydroxyl groups is 1. The van der Waals surface area contributed by atoms with Gasteiger partial charge in [-0.15, -0.1) is 0 Å². The zero-order chi connectivity index (χ0) is 17.8. The van der Waals surface area contributed by atoms with Crippen molar-refractivity contribution in [3.63, 3.8) is 0 Å². The Hall–Kier alpha value is -3.41. The minimum absolute atomic E-state index is 0.102. The maximum Gasteiger partial charge on any atom is 0.228 e. The average molecular weight is 344 g/mol. The van der Waals surface area contributed by atoms with Crippen LogP contribution in [-0.2, 0) is 0 Å². The molecule has 0 saturated carbocycles. The Morgan fingerprint density at radius 1 is 1.08 bits per heavy atom. The summed E-state index contributed by atoms with van der Waals surface area (Å²) in [5.41, 5.74) is 4.89. The van der Waals surface area contributed by atoms with Crippen LogP contribution in [0.1, 0.15) is 34.0 Å². The third-order valence-electron chi connectivity index (χ3n) is 4.71. The molecule has 128 valence electrons. The molecule has 0 fully saturated rings. The summed E-state index contributed by atoms with van der Waals surface area (Å²) in [6.07, 6.45) is 1.61. The Bertz CT molecular complexity index is 1150. The van der Waals surface area contributed by atoms with E-state index in [1.54, 1.807) is 23.0 Å². The van der Waals surface area contributed by atoms with Gasteiger partial charge < -0.3 is 9.84 Å². The highest BCUT2D eigenvalue weighted by atomic mass is 16.5. The molecule has 0 aliphatic carbocycles. The van der Waals surface area contributed by atoms with Crippen LogP contribution in [0.4, 0.5) is 0 Å². The summed E-state index contributed by atoms with van der Waals surface area (Å²) < 4.78 is 7.68. The topological polar surface area (TPSA) is 72.5 Å². The molecule has 6 heteroatoms. The van der Waals surface area contributed by atoms with Gasteiger partial charge in [-0.3, -0.25) is 0 Å². The van der Waals surface area contributed by atoms with Crippen molar-refractivity contribution in [2.45, 2.75) is 19.8 Å². The van der Waals surface area contributed by atoms with Crippen molar-refractivity contribution >= 4 is 5.65 Å². The van der Waals surface area contributed by atoms with E-state index in [-0.39, 0.29) is 11.7 Å². The van der Waals surface area contributed by atoms with Gasteiger partial charge in [0.25, 0.3) is 0 Å². The highest BCUT2D eigenvalue weighted by Crippen LogP contribution is 2.48. The number of fused-ring (bicyclic) bond motifs is 4. The number of aromatic nitrogens is 4. The number of hydrogen-bond donors (Lipinski definition) is 1. The first kappa shape index (κ1) is 14.9. The zero-order valence-corrected chi connectivity index (χ0v) is 14.3. The van der Waals surface area contributed by atoms with E-state index >= 15 is 0 Å². The van der Waals surface area contributed by atoms with Crippen LogP contribution in [0.15, 0.2) is 48.8 Å². The first-order valence-electron chi connectivity index (χ1n) is 8.39. The van der Waals surface area contributed by atoms with Gasteiger partial charge in [-0.05, 0) is 25.5 Å². The fraction of sp³-hybridized carbons (Fsp3) is 0.150. The van der Waals surface area contributed by atoms with E-state index in [0.717, 1.165) is 22.3 Å². The lowest BCUT2D eigenvalue weighted by Gasteiger charge is -2.28. The molecule has 1 unspecified atom stereocenters. The van der Waals surface area contributed by atoms with Gasteiger partial charge in [0.05, 0.1) is 5.56 Å². The SMILES string of the molecule is Cc1ccc(C2c3ccc(O)cc3Oc3ncn4nc(C)nc4c32)cc1. The minimum atomic E-state index is -0.102. The molecule has 5 rings (SSSR count). The van der Waals surface area contributed by atoms with Crippen molar-refractivity contribution in [2.75, 3.05) is 0 Å². The number of benzene rings is 2. The highest BCUT2D eigenvalue weighted by Gasteiger charge is 2.33. The molecule has 1 N–H and O–H groups in total. The summed E-state index contributed by atoms with van der Waals surface area (Å²) in [7, 11) is 0. The van der Waals surface area contributed by atoms with Crippen molar-refractivity contribution in [3.8, 4) is 17.4 Å². The molecule has 3 heterocycles. The van der Waals surface area contributed by atoms with Crippen molar-refractivity contribution in [2.24, 2.45) is 0 Å². The second kappa shape index (κ2) is 5.29. The predicted octanol–water partition coefficient (Wildman–Crippen LogP) is 3.73. The third-order valence-corrected chi connectivity index (χ3v) is 4.71. The molecule has 2 aromatic carbocycles. The molecule has 4 aromatic rings. The summed E-state index contributed by atoms with van der Waals surface area (Å²) >= 11 is 0. The van der Waals surface area contributed by atoms with Crippen molar-refractivity contribution in [1.82, 2.24) is 19.6 Å². The predicted molar refractivity (Wildman–Crippen MR) is 95.8 cm³/mol. The second-order valence-corrected chi connectivity index (χ2v) is 6.56. The van der Waals surface area contributed by atoms with Crippen LogP contribution >= 0.6 is 0 Å². The smallest absolute Gasteiger partial charge is 0.228 e. The van der Waals surface area contributed by atoms with Gasteiger partial charge in [-0.25, -0.2) is 14.5 Å². The Morgan fingerprint density at radius 2 is 1.88 bits per heavy atom. The highest BCUT2D eigenvalue weighted by molar-refractivity contribution is 5.66. The summed E-state index contributed by atoms with van der Waals surface area (Å²) in [6.45, 7) is 3.92. The monoisotopic (exact) mass is 344 g/mol. The molecule has 0 spiro atoms. The van der Waals surface area contributed by atoms with Crippen molar-refractivity contribution < 1.29 is 9.84 Å². The maximum atomic E-state index is 9.88. The fourth-order valence-corrected chi connectivity index (χ4v) is 3.52. The molecule has 2 aromatic heterocycles. The normalized spacial score (nSPS) is 15.4. The van der Waals surface area contributed by atoms with Crippen LogP contribution in [0, 0.1) is 13.8 Å². The Labute approximate surface area is 149 Å². The van der Waals surface area contributed by atoms with Crippen LogP contribution in [0.5, 0.6) is 17.4 Å². The molecule has 6 nitrogen and oxygen atoms in total. The number of hydrogen-bond acceptors (Lipinski definition) is 5. The number of phenols is 1. The van der Waals surface area contributed by atoms with E-state index < -0.39 is 0 Å². The van der Waals surface area contributed by atoms with Gasteiger partial charge in [0.1, 0.15) is 23.7 Å². The van der Waals surface area contributed by atoms with Gasteiger partial charge in [-0.2, -0.15) is 5.10 Å². The molecule has 1 atom stereocenters. The van der Waals surface area contributed by atoms with E-state index in [4.69, 9.17) is 4.74 Å². The molecular weight excluding hydrogens is 328 g/mol. The third kappa shape index (κ3) is 2.15. The lowest BCUT2D eigenvalue weighted by atomic mass is 9.83. The second-order valence-electron chi connectivity index (χ2n) is 6.56. The number of phenolic OH excluding ortho intramolecular Hbond substituents is 1. The number of nitrogens with zero attached hydrogens (tertiary/aromatic N) is 4. The molecule has 0 bridgehead atoms. The quantitative estimate of drug-likeness (QED) is 0.501. The summed E-state index contributed by atoms with van der Waals surface area (Å²) in [5.74, 6) is 1.84. The fourth-order valence-electron chi connectivity index (χ4n) is 3.52. The minimum Gasteiger partial charge on any atom is -0.508 e. The lowest BCUT2D eigenvalue weighted by Crippen LogP contribution is -2.15. The number of rotatable bonds is 1. The van der Waals surface area contributed by atoms with Gasteiger partial charge in [0, 0.05) is 17.5 Å². The first-order chi connectivity index (χ1) is 12.6. The summed E-state index contributed by atoms with van der Waals surface area (Å²) in [6, 6.07) is 13.6. The van der Waals surface area contributed by atoms with E-state index in [9.17, 15) is 5.11 Å². The molecule has 0 amide bonds. The van der Waals surface area contributed by atoms with Gasteiger partial charge in [0.2, 0.25) is 5.88 Å². The Morgan fingerprint density at radius 3 is 2.69 bits per heavy atom. The lowest BCUT2D eigenvalue weighted by molar-refractivity contribution is 0.422. The summed E-state index contributed by atoms with van der Waals surface area (Å²) in [5, 5.41) is 14.3. The van der Waals surface area contributed by atoms with Crippen LogP contribution in [0.2, 0.25) is 0 Å². The van der Waals surface area contributed by atoms with E-state index in [0.29, 0.717) is 17.5 Å². The van der Waals surface area contributed by atoms with Crippen LogP contribution in [-0.4, -0.2) is 24.7 Å². The van der Waals surface area contributed by atoms with Crippen LogP contribution in [0.3, 0.4) is 0 Å². The largest absolute Gasteiger partial charge is 0.508 e. The van der Waals surface area contributed by atoms with Gasteiger partial charge >= 0.3 is 0 Å². The maximum absolute atomic E-state index is 9.88. The number of aryl methyl sites for hydroxylation is 2. The average Bonchev–Trinajstić information content (AvgIpc) is 3.01. The van der Waals surface area contributed by atoms with Crippen LogP contribution in [0.25, 0.3) is 5.65 Å². The molecule has 0 radical (unpaired) electrons. The van der Waals surface area contributed by atoms with E-state index in [1.807, 2.05) is 13.0 Å². The molecule has 1 aliphatic rings. The number of ether oxygens (including phenoxy) is 1. The molecule has 26 heavy (non-hydrogen) atoms. The zero-order valence-electron chi connectivity index (χ0n) is 14.3. The Kier molecular flexibility index (Phi) is 3.03. The first-order valence-corrected chi connectivity index (χ1v) is 8.39. The summed E-state index contributed by atoms with van der Waals surface area (Å²) in [4.78, 5) is 9.03.